The van der Waals surface area contributed by atoms with Gasteiger partial charge in [0.25, 0.3) is 0 Å². The van der Waals surface area contributed by atoms with Gasteiger partial charge in [-0.05, 0) is 62.9 Å². The number of hydrogen-bond acceptors (Lipinski definition) is 2. The van der Waals surface area contributed by atoms with Crippen molar-refractivity contribution in [3.8, 4) is 0 Å². The monoisotopic (exact) mass is 354 g/mol. The van der Waals surface area contributed by atoms with Crippen molar-refractivity contribution in [2.24, 2.45) is 0 Å². The summed E-state index contributed by atoms with van der Waals surface area (Å²) in [6.07, 6.45) is 2.14. The first-order chi connectivity index (χ1) is 11.5. The van der Waals surface area contributed by atoms with Gasteiger partial charge < -0.3 is 5.11 Å². The second kappa shape index (κ2) is 5.84. The third kappa shape index (κ3) is 3.06. The summed E-state index contributed by atoms with van der Waals surface area (Å²) < 4.78 is 0. The Morgan fingerprint density at radius 1 is 1.24 bits per heavy atom. The molecule has 1 N–H and O–H groups in total. The molecule has 0 atom stereocenters. The molecule has 132 valence electrons. The van der Waals surface area contributed by atoms with Crippen LogP contribution >= 0.6 is 11.3 Å². The van der Waals surface area contributed by atoms with Crippen LogP contribution in [0.15, 0.2) is 30.2 Å². The number of carbonyl (C=O) groups is 1. The fraction of sp³-hybridized carbons (Fsp3) is 0.409. The van der Waals surface area contributed by atoms with Crippen LogP contribution < -0.4 is 0 Å². The Balaban J connectivity index is 2.22. The minimum atomic E-state index is -0.888. The fourth-order valence-corrected chi connectivity index (χ4v) is 4.53. The highest BCUT2D eigenvalue weighted by Crippen LogP contribution is 2.45. The van der Waals surface area contributed by atoms with Gasteiger partial charge in [-0.3, -0.25) is 0 Å². The van der Waals surface area contributed by atoms with Gasteiger partial charge in [0.15, 0.2) is 0 Å². The Kier molecular flexibility index (Phi) is 4.19. The maximum atomic E-state index is 11.5. The molecule has 25 heavy (non-hydrogen) atoms. The molecule has 1 heterocycles. The molecule has 0 unspecified atom stereocenters. The van der Waals surface area contributed by atoms with Crippen LogP contribution in [-0.2, 0) is 17.3 Å². The molecular weight excluding hydrogens is 328 g/mol. The standard InChI is InChI=1S/C22H26O2S/c1-13(19-16(20(23)24)8-10-25-19)17-11-14(21(2,3)4)12-18-15(17)7-9-22(18,5)6/h8,10-12H,1,7,9H2,2-6H3,(H,23,24). The second-order valence-electron chi connectivity index (χ2n) is 8.63. The summed E-state index contributed by atoms with van der Waals surface area (Å²) in [5.41, 5.74) is 6.51. The van der Waals surface area contributed by atoms with Crippen LogP contribution in [0, 0.1) is 0 Å². The van der Waals surface area contributed by atoms with E-state index in [4.69, 9.17) is 0 Å². The van der Waals surface area contributed by atoms with Gasteiger partial charge in [-0.1, -0.05) is 53.3 Å². The molecule has 2 aromatic rings. The van der Waals surface area contributed by atoms with Gasteiger partial charge in [-0.2, -0.15) is 0 Å². The summed E-state index contributed by atoms with van der Waals surface area (Å²) in [6.45, 7) is 15.6. The molecule has 3 rings (SSSR count). The summed E-state index contributed by atoms with van der Waals surface area (Å²) in [5, 5.41) is 11.3. The Bertz CT molecular complexity index is 863. The lowest BCUT2D eigenvalue weighted by molar-refractivity contribution is 0.0697. The van der Waals surface area contributed by atoms with Crippen LogP contribution in [0.5, 0.6) is 0 Å². The lowest BCUT2D eigenvalue weighted by atomic mass is 9.78. The molecule has 3 heteroatoms. The van der Waals surface area contributed by atoms with E-state index in [2.05, 4.69) is 53.3 Å². The Morgan fingerprint density at radius 2 is 1.92 bits per heavy atom. The number of aromatic carboxylic acids is 1. The van der Waals surface area contributed by atoms with Crippen molar-refractivity contribution in [3.63, 3.8) is 0 Å². The first kappa shape index (κ1) is 17.9. The Hall–Kier alpha value is -1.87. The van der Waals surface area contributed by atoms with Crippen LogP contribution in [0.4, 0.5) is 0 Å². The van der Waals surface area contributed by atoms with E-state index in [1.54, 1.807) is 6.07 Å². The van der Waals surface area contributed by atoms with Crippen molar-refractivity contribution in [2.45, 2.75) is 58.3 Å². The predicted octanol–water partition coefficient (Wildman–Crippen LogP) is 6.03. The molecule has 0 spiro atoms. The number of rotatable bonds is 3. The maximum Gasteiger partial charge on any atom is 0.337 e. The average molecular weight is 355 g/mol. The quantitative estimate of drug-likeness (QED) is 0.731. The summed E-state index contributed by atoms with van der Waals surface area (Å²) in [5.74, 6) is -0.888. The van der Waals surface area contributed by atoms with E-state index in [0.29, 0.717) is 5.56 Å². The predicted molar refractivity (Wildman–Crippen MR) is 106 cm³/mol. The zero-order chi connectivity index (χ0) is 18.6. The van der Waals surface area contributed by atoms with E-state index in [9.17, 15) is 9.90 Å². The first-order valence-electron chi connectivity index (χ1n) is 8.70. The van der Waals surface area contributed by atoms with Crippen LogP contribution in [0.2, 0.25) is 0 Å². The van der Waals surface area contributed by atoms with Crippen LogP contribution in [0.25, 0.3) is 5.57 Å². The minimum absolute atomic E-state index is 0.0355. The molecule has 0 saturated heterocycles. The smallest absolute Gasteiger partial charge is 0.337 e. The molecule has 0 amide bonds. The van der Waals surface area contributed by atoms with E-state index in [1.165, 1.54) is 28.0 Å². The molecule has 0 fully saturated rings. The van der Waals surface area contributed by atoms with E-state index in [1.807, 2.05) is 5.38 Å². The van der Waals surface area contributed by atoms with Crippen molar-refractivity contribution in [1.29, 1.82) is 0 Å². The fourth-order valence-electron chi connectivity index (χ4n) is 3.65. The van der Waals surface area contributed by atoms with Crippen molar-refractivity contribution >= 4 is 22.9 Å². The molecule has 1 aliphatic carbocycles. The highest BCUT2D eigenvalue weighted by molar-refractivity contribution is 7.11. The van der Waals surface area contributed by atoms with Gasteiger partial charge >= 0.3 is 5.97 Å². The molecule has 1 aromatic carbocycles. The van der Waals surface area contributed by atoms with Crippen LogP contribution in [-0.4, -0.2) is 11.1 Å². The first-order valence-corrected chi connectivity index (χ1v) is 9.58. The topological polar surface area (TPSA) is 37.3 Å². The minimum Gasteiger partial charge on any atom is -0.478 e. The maximum absolute atomic E-state index is 11.5. The summed E-state index contributed by atoms with van der Waals surface area (Å²) >= 11 is 1.46. The van der Waals surface area contributed by atoms with Gasteiger partial charge in [0.1, 0.15) is 0 Å². The van der Waals surface area contributed by atoms with Crippen LogP contribution in [0.3, 0.4) is 0 Å². The molecule has 0 aliphatic heterocycles. The third-order valence-electron chi connectivity index (χ3n) is 5.34. The van der Waals surface area contributed by atoms with Gasteiger partial charge in [-0.25, -0.2) is 4.79 Å². The van der Waals surface area contributed by atoms with Gasteiger partial charge in [0.05, 0.1) is 5.56 Å². The number of carboxylic acids is 1. The highest BCUT2D eigenvalue weighted by atomic mass is 32.1. The highest BCUT2D eigenvalue weighted by Gasteiger charge is 2.34. The average Bonchev–Trinajstić information content (AvgIpc) is 3.10. The Morgan fingerprint density at radius 3 is 2.52 bits per heavy atom. The van der Waals surface area contributed by atoms with Crippen molar-refractivity contribution in [1.82, 2.24) is 0 Å². The zero-order valence-corrected chi connectivity index (χ0v) is 16.5. The van der Waals surface area contributed by atoms with E-state index < -0.39 is 5.97 Å². The number of thiophene rings is 1. The molecule has 1 aromatic heterocycles. The number of benzene rings is 1. The molecule has 0 bridgehead atoms. The Labute approximate surface area is 154 Å². The SMILES string of the molecule is C=C(c1cc(C(C)(C)C)cc2c1CCC2(C)C)c1sccc1C(=O)O. The number of carboxylic acid groups (broad SMARTS) is 1. The number of hydrogen-bond donors (Lipinski definition) is 1. The van der Waals surface area contributed by atoms with Gasteiger partial charge in [0.2, 0.25) is 0 Å². The molecule has 1 aliphatic rings. The molecule has 0 radical (unpaired) electrons. The molecular formula is C22H26O2S. The van der Waals surface area contributed by atoms with Gasteiger partial charge in [-0.15, -0.1) is 11.3 Å². The lowest BCUT2D eigenvalue weighted by Gasteiger charge is -2.26. The normalized spacial score (nSPS) is 15.9. The van der Waals surface area contributed by atoms with Crippen LogP contribution in [0.1, 0.15) is 78.5 Å². The zero-order valence-electron chi connectivity index (χ0n) is 15.7. The van der Waals surface area contributed by atoms with E-state index in [-0.39, 0.29) is 10.8 Å². The van der Waals surface area contributed by atoms with Crippen molar-refractivity contribution in [2.75, 3.05) is 0 Å². The second-order valence-corrected chi connectivity index (χ2v) is 9.55. The number of fused-ring (bicyclic) bond motifs is 1. The largest absolute Gasteiger partial charge is 0.478 e. The van der Waals surface area contributed by atoms with E-state index in [0.717, 1.165) is 28.9 Å². The summed E-state index contributed by atoms with van der Waals surface area (Å²) in [6, 6.07) is 6.25. The molecule has 0 saturated carbocycles. The van der Waals surface area contributed by atoms with Gasteiger partial charge in [0, 0.05) is 4.88 Å². The van der Waals surface area contributed by atoms with E-state index >= 15 is 0 Å². The summed E-state index contributed by atoms with van der Waals surface area (Å²) in [4.78, 5) is 12.3. The van der Waals surface area contributed by atoms with Crippen molar-refractivity contribution in [3.05, 3.63) is 62.9 Å². The molecule has 2 nitrogen and oxygen atoms in total. The third-order valence-corrected chi connectivity index (χ3v) is 6.31. The summed E-state index contributed by atoms with van der Waals surface area (Å²) in [7, 11) is 0. The van der Waals surface area contributed by atoms with Crippen molar-refractivity contribution < 1.29 is 9.90 Å². The lowest BCUT2D eigenvalue weighted by Crippen LogP contribution is -2.17.